The van der Waals surface area contributed by atoms with Gasteiger partial charge in [-0.1, -0.05) is 66.1 Å². The third-order valence-electron chi connectivity index (χ3n) is 6.69. The van der Waals surface area contributed by atoms with Crippen molar-refractivity contribution in [1.82, 2.24) is 9.78 Å². The van der Waals surface area contributed by atoms with Gasteiger partial charge in [0, 0.05) is 29.5 Å². The van der Waals surface area contributed by atoms with Crippen LogP contribution in [0.3, 0.4) is 0 Å². The summed E-state index contributed by atoms with van der Waals surface area (Å²) in [5.41, 5.74) is 0.448. The van der Waals surface area contributed by atoms with E-state index in [4.69, 9.17) is 0 Å². The summed E-state index contributed by atoms with van der Waals surface area (Å²) in [7, 11) is 0. The first kappa shape index (κ1) is 38.7. The molecule has 18 heteroatoms. The maximum atomic E-state index is 12.4. The number of nitrogens with zero attached hydrogens (tertiary/aromatic N) is 8. The van der Waals surface area contributed by atoms with Gasteiger partial charge in [-0.2, -0.15) is 15.3 Å². The van der Waals surface area contributed by atoms with Crippen LogP contribution < -0.4 is 44.9 Å². The molecule has 0 spiro atoms. The van der Waals surface area contributed by atoms with Gasteiger partial charge < -0.3 is 20.4 Å². The van der Waals surface area contributed by atoms with Crippen molar-refractivity contribution in [3.05, 3.63) is 129 Å². The molecule has 0 amide bonds. The summed E-state index contributed by atoms with van der Waals surface area (Å²) in [5, 5.41) is 88.2. The Hall–Kier alpha value is -5.72. The molecule has 6 aromatic rings. The third kappa shape index (κ3) is 8.84. The van der Waals surface area contributed by atoms with E-state index in [2.05, 4.69) is 25.6 Å². The summed E-state index contributed by atoms with van der Waals surface area (Å²) in [4.78, 5) is 20.0. The predicted molar refractivity (Wildman–Crippen MR) is 167 cm³/mol. The van der Waals surface area contributed by atoms with Crippen molar-refractivity contribution in [2.24, 2.45) is 20.5 Å². The van der Waals surface area contributed by atoms with Crippen molar-refractivity contribution in [1.29, 1.82) is 0 Å². The van der Waals surface area contributed by atoms with Crippen molar-refractivity contribution in [2.75, 3.05) is 0 Å². The number of hydrogen-bond acceptors (Lipinski definition) is 13. The first-order valence-corrected chi connectivity index (χ1v) is 13.8. The summed E-state index contributed by atoms with van der Waals surface area (Å²) < 4.78 is 1.19. The molecular weight excluding hydrogens is 706 g/mol. The molecule has 0 radical (unpaired) electrons. The van der Waals surface area contributed by atoms with E-state index in [1.54, 1.807) is 49.4 Å². The van der Waals surface area contributed by atoms with E-state index in [0.717, 1.165) is 23.6 Å². The molecule has 0 saturated heterocycles. The number of benzene rings is 5. The molecule has 1 N–H and O–H groups in total. The summed E-state index contributed by atoms with van der Waals surface area (Å²) in [6, 6.07) is 25.8. The van der Waals surface area contributed by atoms with Gasteiger partial charge in [0.15, 0.2) is 0 Å². The number of para-hydroxylation sites is 1. The van der Waals surface area contributed by atoms with Gasteiger partial charge in [0.2, 0.25) is 0 Å². The standard InChI is InChI=1S/C16H13N5O4.C16H11N3O4.Co.Na/c1-10-15(16(23)20(19-10)11-5-3-2-4-6-11)18-17-13-8-7-12(21(24)25)9-14(13)22;20-14-8-5-10-3-1-2-4-12(10)16(14)18-17-13-7-6-11(19(22)23)9-15(13)21;;/h2-9,22-23H,1H3;1-9,20-21H;;/q;;+3;+1/p-3. The molecule has 0 saturated carbocycles. The van der Waals surface area contributed by atoms with Gasteiger partial charge in [-0.3, -0.25) is 20.2 Å². The van der Waals surface area contributed by atoms with Crippen LogP contribution in [-0.2, 0) is 16.8 Å². The Morgan fingerprint density at radius 2 is 1.26 bits per heavy atom. The van der Waals surface area contributed by atoms with Gasteiger partial charge in [0.05, 0.1) is 38.7 Å². The molecule has 0 fully saturated rings. The number of aryl methyl sites for hydroxylation is 1. The SMILES string of the molecule is Cc1nn(-c2ccccc2)c([O-])c1N=Nc1ccc([N+](=O)[O-])cc1[O-].O=[N+]([O-])c1ccc(N=Nc2c([O-])ccc3ccccc23)c(O)c1.[Co+3].[Na+]. The quantitative estimate of drug-likeness (QED) is 0.109. The normalized spacial score (nSPS) is 10.7. The monoisotopic (exact) mass is 727 g/mol. The van der Waals surface area contributed by atoms with Gasteiger partial charge in [-0.25, -0.2) is 4.68 Å². The van der Waals surface area contributed by atoms with Gasteiger partial charge in [0.25, 0.3) is 11.4 Å². The van der Waals surface area contributed by atoms with Crippen LogP contribution in [0, 0.1) is 27.2 Å². The number of nitro groups is 2. The fourth-order valence-corrected chi connectivity index (χ4v) is 4.31. The molecule has 0 aliphatic rings. The largest absolute Gasteiger partial charge is 3.00 e. The number of aromatic nitrogens is 2. The summed E-state index contributed by atoms with van der Waals surface area (Å²) in [5.74, 6) is -1.80. The maximum Gasteiger partial charge on any atom is 3.00 e. The number of phenolic OH excluding ortho intramolecular Hbond substituents is 1. The van der Waals surface area contributed by atoms with E-state index in [1.165, 1.54) is 28.9 Å². The van der Waals surface area contributed by atoms with Gasteiger partial charge in [-0.15, -0.1) is 10.2 Å². The molecule has 16 nitrogen and oxygen atoms in total. The molecule has 0 bridgehead atoms. The van der Waals surface area contributed by atoms with Crippen LogP contribution in [0.2, 0.25) is 0 Å². The minimum atomic E-state index is -0.674. The van der Waals surface area contributed by atoms with E-state index in [0.29, 0.717) is 16.8 Å². The second-order valence-electron chi connectivity index (χ2n) is 9.86. The summed E-state index contributed by atoms with van der Waals surface area (Å²) in [6.45, 7) is 1.60. The third-order valence-corrected chi connectivity index (χ3v) is 6.69. The Balaban J connectivity index is 0.000000261. The molecule has 0 unspecified atom stereocenters. The smallest absolute Gasteiger partial charge is 0.871 e. The average molecular weight is 727 g/mol. The number of non-ortho nitro benzene ring substituents is 2. The number of rotatable bonds is 7. The minimum absolute atomic E-state index is 0. The van der Waals surface area contributed by atoms with E-state index in [1.807, 2.05) is 18.2 Å². The second kappa shape index (κ2) is 17.1. The van der Waals surface area contributed by atoms with Crippen molar-refractivity contribution in [3.8, 4) is 28.8 Å². The van der Waals surface area contributed by atoms with E-state index < -0.39 is 21.5 Å². The van der Waals surface area contributed by atoms with Gasteiger partial charge in [0.1, 0.15) is 17.1 Å². The topological polar surface area (TPSA) is 243 Å². The molecule has 50 heavy (non-hydrogen) atoms. The minimum Gasteiger partial charge on any atom is -0.871 e. The molecule has 1 heterocycles. The zero-order chi connectivity index (χ0) is 34.4. The van der Waals surface area contributed by atoms with Crippen molar-refractivity contribution in [3.63, 3.8) is 0 Å². The Kier molecular flexibility index (Phi) is 13.2. The fraction of sp³-hybridized carbons (Fsp3) is 0.0312. The first-order valence-electron chi connectivity index (χ1n) is 13.8. The van der Waals surface area contributed by atoms with Crippen LogP contribution in [0.25, 0.3) is 16.5 Å². The Bertz CT molecular complexity index is 2230. The summed E-state index contributed by atoms with van der Waals surface area (Å²) in [6.07, 6.45) is 0. The Morgan fingerprint density at radius 1 is 0.680 bits per heavy atom. The molecule has 5 aromatic carbocycles. The molecule has 1 aromatic heterocycles. The Labute approximate surface area is 314 Å². The molecule has 6 rings (SSSR count). The predicted octanol–water partition coefficient (Wildman–Crippen LogP) is 3.60. The first-order chi connectivity index (χ1) is 23.0. The van der Waals surface area contributed by atoms with Crippen LogP contribution in [0.15, 0.2) is 124 Å². The second-order valence-corrected chi connectivity index (χ2v) is 9.86. The zero-order valence-corrected chi connectivity index (χ0v) is 29.1. The van der Waals surface area contributed by atoms with Gasteiger partial charge in [-0.05, 0) is 36.6 Å². The molecule has 0 atom stereocenters. The van der Waals surface area contributed by atoms with E-state index >= 15 is 0 Å². The van der Waals surface area contributed by atoms with Gasteiger partial charge >= 0.3 is 46.3 Å². The molecular formula is C32H21CoN8NaO8+. The Morgan fingerprint density at radius 3 is 1.90 bits per heavy atom. The molecule has 246 valence electrons. The number of aromatic hydroxyl groups is 1. The van der Waals surface area contributed by atoms with E-state index in [9.17, 15) is 40.7 Å². The van der Waals surface area contributed by atoms with E-state index in [-0.39, 0.29) is 92.0 Å². The zero-order valence-electron chi connectivity index (χ0n) is 26.0. The fourth-order valence-electron chi connectivity index (χ4n) is 4.31. The molecule has 0 aliphatic heterocycles. The maximum absolute atomic E-state index is 12.4. The van der Waals surface area contributed by atoms with Crippen molar-refractivity contribution < 1.29 is 76.6 Å². The molecule has 0 aliphatic carbocycles. The van der Waals surface area contributed by atoms with Crippen LogP contribution >= 0.6 is 0 Å². The van der Waals surface area contributed by atoms with Crippen LogP contribution in [0.4, 0.5) is 34.1 Å². The number of nitro benzene ring substituents is 2. The number of hydrogen-bond donors (Lipinski definition) is 1. The summed E-state index contributed by atoms with van der Waals surface area (Å²) >= 11 is 0. The number of azo groups is 2. The number of phenols is 1. The van der Waals surface area contributed by atoms with Crippen LogP contribution in [0.1, 0.15) is 5.69 Å². The van der Waals surface area contributed by atoms with Crippen molar-refractivity contribution >= 4 is 44.9 Å². The van der Waals surface area contributed by atoms with Crippen LogP contribution in [-0.4, -0.2) is 24.7 Å². The van der Waals surface area contributed by atoms with Crippen LogP contribution in [0.5, 0.6) is 23.1 Å². The number of fused-ring (bicyclic) bond motifs is 1. The average Bonchev–Trinajstić information content (AvgIpc) is 3.37. The van der Waals surface area contributed by atoms with Crippen molar-refractivity contribution in [2.45, 2.75) is 6.92 Å².